The Labute approximate surface area is 106 Å². The molecule has 1 saturated heterocycles. The number of carbonyl (C=O) groups is 1. The summed E-state index contributed by atoms with van der Waals surface area (Å²) in [5.74, 6) is 1.26. The average molecular weight is 240 g/mol. The highest BCUT2D eigenvalue weighted by Gasteiger charge is 2.37. The molecule has 0 spiro atoms. The lowest BCUT2D eigenvalue weighted by Gasteiger charge is -2.43. The molecule has 100 valence electrons. The molecule has 1 amide bonds. The Morgan fingerprint density at radius 3 is 2.29 bits per heavy atom. The van der Waals surface area contributed by atoms with Crippen LogP contribution in [0, 0.1) is 17.3 Å². The maximum atomic E-state index is 12.4. The van der Waals surface area contributed by atoms with Crippen LogP contribution in [0.3, 0.4) is 0 Å². The summed E-state index contributed by atoms with van der Waals surface area (Å²) in [6, 6.07) is -0.0884. The number of piperidine rings is 1. The van der Waals surface area contributed by atoms with E-state index < -0.39 is 6.04 Å². The van der Waals surface area contributed by atoms with Gasteiger partial charge in [-0.1, -0.05) is 34.6 Å². The predicted molar refractivity (Wildman–Crippen MR) is 71.6 cm³/mol. The van der Waals surface area contributed by atoms with Gasteiger partial charge in [0.2, 0.25) is 5.91 Å². The van der Waals surface area contributed by atoms with E-state index in [9.17, 15) is 4.79 Å². The fourth-order valence-corrected chi connectivity index (χ4v) is 2.56. The molecule has 0 bridgehead atoms. The maximum Gasteiger partial charge on any atom is 0.240 e. The van der Waals surface area contributed by atoms with Crippen LogP contribution in [0.25, 0.3) is 0 Å². The van der Waals surface area contributed by atoms with Crippen molar-refractivity contribution in [3.05, 3.63) is 0 Å². The molecule has 1 aliphatic rings. The van der Waals surface area contributed by atoms with Crippen LogP contribution in [-0.2, 0) is 4.79 Å². The monoisotopic (exact) mass is 240 g/mol. The zero-order valence-electron chi connectivity index (χ0n) is 12.2. The van der Waals surface area contributed by atoms with Gasteiger partial charge in [0.25, 0.3) is 0 Å². The summed E-state index contributed by atoms with van der Waals surface area (Å²) in [6.45, 7) is 13.5. The van der Waals surface area contributed by atoms with Crippen LogP contribution in [0.5, 0.6) is 0 Å². The molecule has 2 N–H and O–H groups in total. The highest BCUT2D eigenvalue weighted by molar-refractivity contribution is 5.82. The van der Waals surface area contributed by atoms with Crippen LogP contribution < -0.4 is 5.73 Å². The number of carbonyl (C=O) groups excluding carboxylic acids is 1. The fraction of sp³-hybridized carbons (Fsp3) is 0.929. The van der Waals surface area contributed by atoms with Gasteiger partial charge in [0.1, 0.15) is 0 Å². The Morgan fingerprint density at radius 1 is 1.29 bits per heavy atom. The quantitative estimate of drug-likeness (QED) is 0.764. The summed E-state index contributed by atoms with van der Waals surface area (Å²) in [4.78, 5) is 14.4. The molecule has 0 aromatic heterocycles. The Morgan fingerprint density at radius 2 is 1.82 bits per heavy atom. The van der Waals surface area contributed by atoms with Gasteiger partial charge in [-0.15, -0.1) is 0 Å². The molecule has 0 aliphatic carbocycles. The van der Waals surface area contributed by atoms with Gasteiger partial charge in [0.15, 0.2) is 0 Å². The first-order valence-electron chi connectivity index (χ1n) is 6.70. The lowest BCUT2D eigenvalue weighted by atomic mass is 9.82. The molecule has 1 heterocycles. The first kappa shape index (κ1) is 14.5. The Balaban J connectivity index is 2.80. The SMILES string of the molecule is CC1CC(C)C(C)N(C(=O)[C@@H](N)C(C)(C)C)C1. The van der Waals surface area contributed by atoms with Crippen molar-refractivity contribution in [2.75, 3.05) is 6.54 Å². The summed E-state index contributed by atoms with van der Waals surface area (Å²) in [5.41, 5.74) is 5.92. The van der Waals surface area contributed by atoms with Crippen LogP contribution in [0.2, 0.25) is 0 Å². The van der Waals surface area contributed by atoms with Crippen molar-refractivity contribution in [2.45, 2.75) is 60.0 Å². The van der Waals surface area contributed by atoms with Crippen molar-refractivity contribution in [1.82, 2.24) is 4.90 Å². The number of rotatable bonds is 1. The molecule has 3 unspecified atom stereocenters. The Bertz CT molecular complexity index is 282. The standard InChI is InChI=1S/C14H28N2O/c1-9-7-10(2)11(3)16(8-9)13(17)12(15)14(4,5)6/h9-12H,7-8,15H2,1-6H3/t9?,10?,11?,12-/m1/s1. The summed E-state index contributed by atoms with van der Waals surface area (Å²) in [7, 11) is 0. The topological polar surface area (TPSA) is 46.3 Å². The molecule has 1 aliphatic heterocycles. The molecule has 0 aromatic rings. The molecular weight excluding hydrogens is 212 g/mol. The van der Waals surface area contributed by atoms with E-state index in [0.717, 1.165) is 6.54 Å². The molecule has 0 aromatic carbocycles. The fourth-order valence-electron chi connectivity index (χ4n) is 2.56. The zero-order valence-corrected chi connectivity index (χ0v) is 12.2. The number of hydrogen-bond acceptors (Lipinski definition) is 2. The number of nitrogens with zero attached hydrogens (tertiary/aromatic N) is 1. The van der Waals surface area contributed by atoms with Gasteiger partial charge in [-0.05, 0) is 30.6 Å². The van der Waals surface area contributed by atoms with Gasteiger partial charge in [0.05, 0.1) is 6.04 Å². The minimum absolute atomic E-state index is 0.114. The van der Waals surface area contributed by atoms with Crippen LogP contribution in [-0.4, -0.2) is 29.4 Å². The third-order valence-electron chi connectivity index (χ3n) is 4.08. The molecule has 1 fully saturated rings. The van der Waals surface area contributed by atoms with Crippen molar-refractivity contribution in [3.63, 3.8) is 0 Å². The maximum absolute atomic E-state index is 12.4. The molecule has 3 heteroatoms. The number of likely N-dealkylation sites (tertiary alicyclic amines) is 1. The van der Waals surface area contributed by atoms with Gasteiger partial charge in [-0.3, -0.25) is 4.79 Å². The second kappa shape index (κ2) is 4.97. The molecular formula is C14H28N2O. The van der Waals surface area contributed by atoms with E-state index in [1.807, 2.05) is 25.7 Å². The van der Waals surface area contributed by atoms with E-state index >= 15 is 0 Å². The molecule has 1 rings (SSSR count). The number of nitrogens with two attached hydrogens (primary N) is 1. The van der Waals surface area contributed by atoms with E-state index in [1.165, 1.54) is 6.42 Å². The normalized spacial score (nSPS) is 32.4. The summed E-state index contributed by atoms with van der Waals surface area (Å²) < 4.78 is 0. The number of amides is 1. The highest BCUT2D eigenvalue weighted by Crippen LogP contribution is 2.29. The van der Waals surface area contributed by atoms with Crippen LogP contribution in [0.1, 0.15) is 48.0 Å². The summed E-state index contributed by atoms with van der Waals surface area (Å²) in [5, 5.41) is 0. The Hall–Kier alpha value is -0.570. The third kappa shape index (κ3) is 3.21. The van der Waals surface area contributed by atoms with E-state index in [-0.39, 0.29) is 11.3 Å². The van der Waals surface area contributed by atoms with E-state index in [1.54, 1.807) is 0 Å². The largest absolute Gasteiger partial charge is 0.338 e. The van der Waals surface area contributed by atoms with Crippen molar-refractivity contribution >= 4 is 5.91 Å². The molecule has 17 heavy (non-hydrogen) atoms. The predicted octanol–water partition coefficient (Wildman–Crippen LogP) is 2.25. The summed E-state index contributed by atoms with van der Waals surface area (Å²) >= 11 is 0. The molecule has 0 radical (unpaired) electrons. The van der Waals surface area contributed by atoms with E-state index in [2.05, 4.69) is 20.8 Å². The number of hydrogen-bond donors (Lipinski definition) is 1. The van der Waals surface area contributed by atoms with Crippen LogP contribution in [0.15, 0.2) is 0 Å². The minimum atomic E-state index is -0.401. The minimum Gasteiger partial charge on any atom is -0.338 e. The van der Waals surface area contributed by atoms with E-state index in [0.29, 0.717) is 17.9 Å². The van der Waals surface area contributed by atoms with E-state index in [4.69, 9.17) is 5.73 Å². The van der Waals surface area contributed by atoms with Crippen molar-refractivity contribution in [2.24, 2.45) is 23.0 Å². The van der Waals surface area contributed by atoms with Crippen LogP contribution >= 0.6 is 0 Å². The first-order chi connectivity index (χ1) is 7.64. The van der Waals surface area contributed by atoms with Gasteiger partial charge >= 0.3 is 0 Å². The second-order valence-corrected chi connectivity index (χ2v) is 6.89. The highest BCUT2D eigenvalue weighted by atomic mass is 16.2. The second-order valence-electron chi connectivity index (χ2n) is 6.89. The summed E-state index contributed by atoms with van der Waals surface area (Å²) in [6.07, 6.45) is 1.20. The lowest BCUT2D eigenvalue weighted by molar-refractivity contribution is -0.140. The average Bonchev–Trinajstić information content (AvgIpc) is 2.20. The van der Waals surface area contributed by atoms with Gasteiger partial charge in [-0.25, -0.2) is 0 Å². The zero-order chi connectivity index (χ0) is 13.4. The lowest BCUT2D eigenvalue weighted by Crippen LogP contribution is -2.57. The molecule has 3 nitrogen and oxygen atoms in total. The van der Waals surface area contributed by atoms with Crippen molar-refractivity contribution in [3.8, 4) is 0 Å². The first-order valence-corrected chi connectivity index (χ1v) is 6.70. The molecule has 4 atom stereocenters. The Kier molecular flexibility index (Phi) is 4.23. The smallest absolute Gasteiger partial charge is 0.240 e. The van der Waals surface area contributed by atoms with Crippen molar-refractivity contribution < 1.29 is 4.79 Å². The third-order valence-corrected chi connectivity index (χ3v) is 4.08. The molecule has 0 saturated carbocycles. The van der Waals surface area contributed by atoms with Crippen molar-refractivity contribution in [1.29, 1.82) is 0 Å². The van der Waals surface area contributed by atoms with Gasteiger partial charge < -0.3 is 10.6 Å². The van der Waals surface area contributed by atoms with Gasteiger partial charge in [-0.2, -0.15) is 0 Å². The van der Waals surface area contributed by atoms with Crippen LogP contribution in [0.4, 0.5) is 0 Å². The van der Waals surface area contributed by atoms with Gasteiger partial charge in [0, 0.05) is 12.6 Å².